The maximum atomic E-state index is 11.9. The fourth-order valence-corrected chi connectivity index (χ4v) is 2.60. The highest BCUT2D eigenvalue weighted by Gasteiger charge is 2.35. The fraction of sp³-hybridized carbons (Fsp3) is 0.571. The van der Waals surface area contributed by atoms with E-state index in [4.69, 9.17) is 9.84 Å². The van der Waals surface area contributed by atoms with Crippen molar-refractivity contribution in [2.24, 2.45) is 0 Å². The van der Waals surface area contributed by atoms with Gasteiger partial charge in [-0.2, -0.15) is 0 Å². The molecular weight excluding hydrogens is 304 g/mol. The van der Waals surface area contributed by atoms with E-state index >= 15 is 0 Å². The fourth-order valence-electron chi connectivity index (χ4n) is 2.09. The van der Waals surface area contributed by atoms with Gasteiger partial charge < -0.3 is 14.9 Å². The molecule has 1 aliphatic rings. The highest BCUT2D eigenvalue weighted by Crippen LogP contribution is 2.27. The van der Waals surface area contributed by atoms with Gasteiger partial charge >= 0.3 is 5.69 Å². The number of hydrogen-bond acceptors (Lipinski definition) is 5. The second-order valence-corrected chi connectivity index (χ2v) is 11.1. The Hall–Kier alpha value is -1.66. The normalized spacial score (nSPS) is 24.9. The number of aliphatic hydroxyl groups is 2. The largest absolute Gasteiger partial charge is 0.394 e. The van der Waals surface area contributed by atoms with Crippen LogP contribution in [0.15, 0.2) is 15.8 Å². The van der Waals surface area contributed by atoms with Crippen molar-refractivity contribution in [1.82, 2.24) is 9.55 Å². The molecular formula is C14H20N2O5Si. The second kappa shape index (κ2) is 6.22. The van der Waals surface area contributed by atoms with Crippen LogP contribution in [0.2, 0.25) is 19.6 Å². The van der Waals surface area contributed by atoms with Crippen LogP contribution in [0.5, 0.6) is 0 Å². The quantitative estimate of drug-likeness (QED) is 0.498. The molecule has 2 rings (SSSR count). The third-order valence-corrected chi connectivity index (χ3v) is 4.11. The summed E-state index contributed by atoms with van der Waals surface area (Å²) in [5, 5.41) is 18.8. The first-order chi connectivity index (χ1) is 10.2. The second-order valence-electron chi connectivity index (χ2n) is 6.32. The van der Waals surface area contributed by atoms with Crippen molar-refractivity contribution in [1.29, 1.82) is 0 Å². The number of aromatic nitrogens is 2. The molecule has 1 fully saturated rings. The summed E-state index contributed by atoms with van der Waals surface area (Å²) in [5.41, 5.74) is 2.09. The monoisotopic (exact) mass is 324 g/mol. The molecule has 0 radical (unpaired) electrons. The summed E-state index contributed by atoms with van der Waals surface area (Å²) in [6.07, 6.45) is -0.807. The van der Waals surface area contributed by atoms with E-state index < -0.39 is 37.8 Å². The van der Waals surface area contributed by atoms with Gasteiger partial charge in [0.05, 0.1) is 12.7 Å². The van der Waals surface area contributed by atoms with Gasteiger partial charge in [0.2, 0.25) is 0 Å². The van der Waals surface area contributed by atoms with Crippen LogP contribution in [0, 0.1) is 11.5 Å². The summed E-state index contributed by atoms with van der Waals surface area (Å²) in [6, 6.07) is 0. The molecule has 0 amide bonds. The SMILES string of the molecule is C[Si](C)(C)C#Cc1cn([C@H]2C[C@H](O)[C@@H](CO)O2)c(=O)[nH]c1=O. The highest BCUT2D eigenvalue weighted by atomic mass is 28.3. The van der Waals surface area contributed by atoms with E-state index in [-0.39, 0.29) is 18.6 Å². The van der Waals surface area contributed by atoms with Crippen LogP contribution in [-0.2, 0) is 4.74 Å². The molecule has 3 N–H and O–H groups in total. The Balaban J connectivity index is 2.39. The van der Waals surface area contributed by atoms with E-state index in [0.29, 0.717) is 0 Å². The van der Waals surface area contributed by atoms with E-state index in [1.54, 1.807) is 0 Å². The first kappa shape index (κ1) is 16.7. The number of aromatic amines is 1. The predicted molar refractivity (Wildman–Crippen MR) is 83.2 cm³/mol. The molecule has 1 aliphatic heterocycles. The molecule has 3 atom stereocenters. The summed E-state index contributed by atoms with van der Waals surface area (Å²) in [4.78, 5) is 26.0. The van der Waals surface area contributed by atoms with E-state index in [1.165, 1.54) is 10.8 Å². The third-order valence-electron chi connectivity index (χ3n) is 3.23. The Morgan fingerprint density at radius 3 is 2.68 bits per heavy atom. The molecule has 1 aromatic heterocycles. The lowest BCUT2D eigenvalue weighted by molar-refractivity contribution is -0.0459. The Bertz CT molecular complexity index is 722. The lowest BCUT2D eigenvalue weighted by atomic mass is 10.2. The molecule has 0 saturated carbocycles. The van der Waals surface area contributed by atoms with Gasteiger partial charge in [-0.15, -0.1) is 5.54 Å². The zero-order chi connectivity index (χ0) is 16.5. The van der Waals surface area contributed by atoms with Crippen molar-refractivity contribution in [3.05, 3.63) is 32.6 Å². The van der Waals surface area contributed by atoms with Crippen LogP contribution >= 0.6 is 0 Å². The van der Waals surface area contributed by atoms with Gasteiger partial charge in [0.15, 0.2) is 0 Å². The standard InChI is InChI=1S/C14H20N2O5Si/c1-22(2,3)5-4-9-7-16(14(20)15-13(9)19)12-6-10(18)11(8-17)21-12/h7,10-12,17-18H,6,8H2,1-3H3,(H,15,19,20)/t10-,11+,12+/m0/s1. The number of rotatable bonds is 2. The smallest absolute Gasteiger partial charge is 0.330 e. The maximum absolute atomic E-state index is 11.9. The van der Waals surface area contributed by atoms with Crippen LogP contribution in [0.1, 0.15) is 18.2 Å². The van der Waals surface area contributed by atoms with Crippen molar-refractivity contribution in [3.63, 3.8) is 0 Å². The Morgan fingerprint density at radius 1 is 1.45 bits per heavy atom. The molecule has 0 spiro atoms. The van der Waals surface area contributed by atoms with E-state index in [1.807, 2.05) is 19.6 Å². The van der Waals surface area contributed by atoms with E-state index in [2.05, 4.69) is 16.4 Å². The lowest BCUT2D eigenvalue weighted by Gasteiger charge is -2.14. The summed E-state index contributed by atoms with van der Waals surface area (Å²) in [7, 11) is -1.66. The maximum Gasteiger partial charge on any atom is 0.330 e. The minimum Gasteiger partial charge on any atom is -0.394 e. The topological polar surface area (TPSA) is 105 Å². The summed E-state index contributed by atoms with van der Waals surface area (Å²) < 4.78 is 6.63. The minimum absolute atomic E-state index is 0.165. The number of nitrogens with zero attached hydrogens (tertiary/aromatic N) is 1. The van der Waals surface area contributed by atoms with Gasteiger partial charge in [0.25, 0.3) is 5.56 Å². The molecule has 0 bridgehead atoms. The highest BCUT2D eigenvalue weighted by molar-refractivity contribution is 6.83. The van der Waals surface area contributed by atoms with Gasteiger partial charge in [0.1, 0.15) is 26.0 Å². The van der Waals surface area contributed by atoms with Gasteiger partial charge in [-0.25, -0.2) is 4.79 Å². The third kappa shape index (κ3) is 3.75. The molecule has 8 heteroatoms. The number of ether oxygens (including phenoxy) is 1. The number of hydrogen-bond donors (Lipinski definition) is 3. The zero-order valence-corrected chi connectivity index (χ0v) is 13.8. The Morgan fingerprint density at radius 2 is 2.14 bits per heavy atom. The Kier molecular flexibility index (Phi) is 4.72. The van der Waals surface area contributed by atoms with Crippen LogP contribution in [0.4, 0.5) is 0 Å². The summed E-state index contributed by atoms with van der Waals surface area (Å²) >= 11 is 0. The number of nitrogens with one attached hydrogen (secondary N) is 1. The van der Waals surface area contributed by atoms with Crippen molar-refractivity contribution in [2.75, 3.05) is 6.61 Å². The van der Waals surface area contributed by atoms with Crippen LogP contribution in [-0.4, -0.2) is 46.7 Å². The van der Waals surface area contributed by atoms with Crippen LogP contribution in [0.25, 0.3) is 0 Å². The molecule has 0 aromatic carbocycles. The van der Waals surface area contributed by atoms with Crippen molar-refractivity contribution in [3.8, 4) is 11.5 Å². The molecule has 1 aromatic rings. The van der Waals surface area contributed by atoms with Crippen molar-refractivity contribution < 1.29 is 14.9 Å². The molecule has 1 saturated heterocycles. The average molecular weight is 324 g/mol. The predicted octanol–water partition coefficient (Wildman–Crippen LogP) is -0.594. The van der Waals surface area contributed by atoms with E-state index in [9.17, 15) is 14.7 Å². The van der Waals surface area contributed by atoms with Gasteiger partial charge in [-0.1, -0.05) is 25.6 Å². The molecule has 7 nitrogen and oxygen atoms in total. The molecule has 0 unspecified atom stereocenters. The van der Waals surface area contributed by atoms with Crippen molar-refractivity contribution >= 4 is 8.07 Å². The molecule has 120 valence electrons. The van der Waals surface area contributed by atoms with Gasteiger partial charge in [-0.3, -0.25) is 14.3 Å². The van der Waals surface area contributed by atoms with Crippen LogP contribution < -0.4 is 11.2 Å². The minimum atomic E-state index is -1.66. The summed E-state index contributed by atoms with van der Waals surface area (Å²) in [5.74, 6) is 2.82. The van der Waals surface area contributed by atoms with Gasteiger partial charge in [0, 0.05) is 12.6 Å². The summed E-state index contributed by atoms with van der Waals surface area (Å²) in [6.45, 7) is 5.81. The van der Waals surface area contributed by atoms with E-state index in [0.717, 1.165) is 0 Å². The average Bonchev–Trinajstić information content (AvgIpc) is 2.77. The molecule has 22 heavy (non-hydrogen) atoms. The first-order valence-electron chi connectivity index (χ1n) is 7.04. The Labute approximate surface area is 128 Å². The lowest BCUT2D eigenvalue weighted by Crippen LogP contribution is -2.34. The van der Waals surface area contributed by atoms with Crippen LogP contribution in [0.3, 0.4) is 0 Å². The molecule has 2 heterocycles. The zero-order valence-electron chi connectivity index (χ0n) is 12.8. The number of aliphatic hydroxyl groups excluding tert-OH is 2. The molecule has 0 aliphatic carbocycles. The van der Waals surface area contributed by atoms with Crippen molar-refractivity contribution in [2.45, 2.75) is 44.5 Å². The van der Waals surface area contributed by atoms with Gasteiger partial charge in [-0.05, 0) is 0 Å². The number of H-pyrrole nitrogens is 1. The first-order valence-corrected chi connectivity index (χ1v) is 10.5.